The van der Waals surface area contributed by atoms with E-state index >= 15 is 0 Å². The van der Waals surface area contributed by atoms with Crippen LogP contribution in [0.5, 0.6) is 0 Å². The lowest BCUT2D eigenvalue weighted by atomic mass is 10.2. The number of hydrogen-bond donors (Lipinski definition) is 2. The van der Waals surface area contributed by atoms with Crippen LogP contribution in [-0.4, -0.2) is 35.4 Å². The van der Waals surface area contributed by atoms with Crippen LogP contribution in [0, 0.1) is 10.1 Å². The maximum atomic E-state index is 11.8. The maximum Gasteiger partial charge on any atom is 0.363 e. The molecule has 1 atom stereocenters. The summed E-state index contributed by atoms with van der Waals surface area (Å²) in [6.07, 6.45) is 0.865. The van der Waals surface area contributed by atoms with Gasteiger partial charge in [0.05, 0.1) is 0 Å². The Kier molecular flexibility index (Phi) is 4.51. The van der Waals surface area contributed by atoms with Gasteiger partial charge in [-0.05, 0) is 22.4 Å². The van der Waals surface area contributed by atoms with Crippen molar-refractivity contribution in [3.8, 4) is 0 Å². The third kappa shape index (κ3) is 3.69. The fourth-order valence-electron chi connectivity index (χ4n) is 1.20. The highest BCUT2D eigenvalue weighted by Crippen LogP contribution is 2.13. The molecule has 0 bridgehead atoms. The van der Waals surface area contributed by atoms with Crippen molar-refractivity contribution in [2.75, 3.05) is 0 Å². The Balaban J connectivity index is 3.00. The number of rotatable bonds is 6. The van der Waals surface area contributed by atoms with E-state index in [9.17, 15) is 23.3 Å². The van der Waals surface area contributed by atoms with Crippen LogP contribution in [0.15, 0.2) is 23.2 Å². The van der Waals surface area contributed by atoms with Crippen molar-refractivity contribution in [2.45, 2.75) is 24.3 Å². The average molecular weight is 289 g/mol. The molecule has 1 unspecified atom stereocenters. The van der Waals surface area contributed by atoms with Crippen molar-refractivity contribution in [3.05, 3.63) is 28.4 Å². The maximum absolute atomic E-state index is 11.8. The Morgan fingerprint density at radius 3 is 2.58 bits per heavy atom. The number of hydrogen-bond acceptors (Lipinski definition) is 6. The molecule has 0 spiro atoms. The molecule has 9 nitrogen and oxygen atoms in total. The number of carboxylic acids is 1. The van der Waals surface area contributed by atoms with Crippen LogP contribution in [0.2, 0.25) is 0 Å². The highest BCUT2D eigenvalue weighted by molar-refractivity contribution is 7.89. The molecule has 1 heterocycles. The number of pyridine rings is 1. The molecule has 1 rings (SSSR count). The Hall–Kier alpha value is -2.07. The number of nitro groups is 1. The number of aliphatic carboxylic acids is 1. The normalized spacial score (nSPS) is 12.9. The summed E-state index contributed by atoms with van der Waals surface area (Å²) in [6.45, 7) is 1.51. The van der Waals surface area contributed by atoms with E-state index in [1.807, 2.05) is 4.72 Å². The van der Waals surface area contributed by atoms with Crippen molar-refractivity contribution in [1.29, 1.82) is 0 Å². The standard InChI is InChI=1S/C9H11N3O6S/c1-2-7(9(13)14)11-19(17,18)6-3-4-8(10-5-6)12(15)16/h3-5,7,11H,2H2,1H3,(H,13,14). The van der Waals surface area contributed by atoms with Gasteiger partial charge in [-0.15, -0.1) is 0 Å². The first-order chi connectivity index (χ1) is 8.77. The lowest BCUT2D eigenvalue weighted by Gasteiger charge is -2.11. The van der Waals surface area contributed by atoms with Gasteiger partial charge in [0, 0.05) is 6.07 Å². The second-order valence-electron chi connectivity index (χ2n) is 3.53. The molecule has 0 saturated heterocycles. The zero-order valence-electron chi connectivity index (χ0n) is 9.81. The fraction of sp³-hybridized carbons (Fsp3) is 0.333. The van der Waals surface area contributed by atoms with Gasteiger partial charge in [-0.3, -0.25) is 4.79 Å². The monoisotopic (exact) mass is 289 g/mol. The van der Waals surface area contributed by atoms with Crippen LogP contribution >= 0.6 is 0 Å². The first kappa shape index (κ1) is 15.0. The van der Waals surface area contributed by atoms with Crippen molar-refractivity contribution in [1.82, 2.24) is 9.71 Å². The van der Waals surface area contributed by atoms with Gasteiger partial charge in [0.1, 0.15) is 10.9 Å². The average Bonchev–Trinajstić information content (AvgIpc) is 2.35. The summed E-state index contributed by atoms with van der Waals surface area (Å²) < 4.78 is 25.6. The number of nitrogens with zero attached hydrogens (tertiary/aromatic N) is 2. The zero-order chi connectivity index (χ0) is 14.6. The fourth-order valence-corrected chi connectivity index (χ4v) is 2.42. The molecule has 0 aliphatic rings. The topological polar surface area (TPSA) is 140 Å². The minimum absolute atomic E-state index is 0.0645. The molecule has 0 radical (unpaired) electrons. The number of carbonyl (C=O) groups is 1. The lowest BCUT2D eigenvalue weighted by Crippen LogP contribution is -2.40. The second kappa shape index (κ2) is 5.71. The van der Waals surface area contributed by atoms with E-state index in [2.05, 4.69) is 4.98 Å². The summed E-state index contributed by atoms with van der Waals surface area (Å²) in [6, 6.07) is 0.651. The van der Waals surface area contributed by atoms with Gasteiger partial charge >= 0.3 is 11.8 Å². The van der Waals surface area contributed by atoms with Crippen LogP contribution in [0.4, 0.5) is 5.82 Å². The Morgan fingerprint density at radius 1 is 1.58 bits per heavy atom. The van der Waals surface area contributed by atoms with Crippen molar-refractivity contribution in [3.63, 3.8) is 0 Å². The molecular formula is C9H11N3O6S. The SMILES string of the molecule is CCC(NS(=O)(=O)c1ccc([N+](=O)[O-])nc1)C(=O)O. The van der Waals surface area contributed by atoms with E-state index < -0.39 is 32.8 Å². The van der Waals surface area contributed by atoms with Crippen molar-refractivity contribution in [2.24, 2.45) is 0 Å². The molecule has 1 aromatic rings. The van der Waals surface area contributed by atoms with Crippen LogP contribution < -0.4 is 4.72 Å². The van der Waals surface area contributed by atoms with Crippen LogP contribution in [0.25, 0.3) is 0 Å². The molecule has 19 heavy (non-hydrogen) atoms. The second-order valence-corrected chi connectivity index (χ2v) is 5.24. The quantitative estimate of drug-likeness (QED) is 0.560. The summed E-state index contributed by atoms with van der Waals surface area (Å²) in [4.78, 5) is 23.4. The molecular weight excluding hydrogens is 278 g/mol. The lowest BCUT2D eigenvalue weighted by molar-refractivity contribution is -0.389. The summed E-state index contributed by atoms with van der Waals surface area (Å²) in [7, 11) is -4.08. The number of aromatic nitrogens is 1. The molecule has 10 heteroatoms. The Bertz CT molecular complexity index is 582. The van der Waals surface area contributed by atoms with Gasteiger partial charge in [0.2, 0.25) is 10.0 Å². The Labute approximate surface area is 108 Å². The van der Waals surface area contributed by atoms with E-state index in [-0.39, 0.29) is 11.3 Å². The largest absolute Gasteiger partial charge is 0.480 e. The predicted molar refractivity (Wildman–Crippen MR) is 62.9 cm³/mol. The predicted octanol–water partition coefficient (Wildman–Crippen LogP) is 0.131. The first-order valence-electron chi connectivity index (χ1n) is 5.13. The van der Waals surface area contributed by atoms with Gasteiger partial charge in [0.25, 0.3) is 0 Å². The zero-order valence-corrected chi connectivity index (χ0v) is 10.6. The summed E-state index contributed by atoms with van der Waals surface area (Å²) in [5.41, 5.74) is 0. The highest BCUT2D eigenvalue weighted by Gasteiger charge is 2.25. The smallest absolute Gasteiger partial charge is 0.363 e. The molecule has 0 aliphatic heterocycles. The third-order valence-corrected chi connectivity index (χ3v) is 3.68. The number of sulfonamides is 1. The van der Waals surface area contributed by atoms with Crippen LogP contribution in [0.1, 0.15) is 13.3 Å². The van der Waals surface area contributed by atoms with Crippen LogP contribution in [-0.2, 0) is 14.8 Å². The van der Waals surface area contributed by atoms with Gasteiger partial charge < -0.3 is 15.2 Å². The first-order valence-corrected chi connectivity index (χ1v) is 6.62. The van der Waals surface area contributed by atoms with E-state index in [1.165, 1.54) is 6.92 Å². The highest BCUT2D eigenvalue weighted by atomic mass is 32.2. The van der Waals surface area contributed by atoms with Gasteiger partial charge in [-0.2, -0.15) is 4.72 Å². The summed E-state index contributed by atoms with van der Waals surface area (Å²) in [5, 5.41) is 19.1. The van der Waals surface area contributed by atoms with E-state index in [0.29, 0.717) is 0 Å². The molecule has 0 saturated carbocycles. The van der Waals surface area contributed by atoms with Gasteiger partial charge in [-0.25, -0.2) is 8.42 Å². The molecule has 2 N–H and O–H groups in total. The molecule has 0 amide bonds. The minimum Gasteiger partial charge on any atom is -0.480 e. The van der Waals surface area contributed by atoms with E-state index in [1.54, 1.807) is 0 Å². The summed E-state index contributed by atoms with van der Waals surface area (Å²) >= 11 is 0. The van der Waals surface area contributed by atoms with E-state index in [0.717, 1.165) is 18.3 Å². The van der Waals surface area contributed by atoms with Gasteiger partial charge in [-0.1, -0.05) is 6.92 Å². The molecule has 0 fully saturated rings. The molecule has 104 valence electrons. The van der Waals surface area contributed by atoms with Crippen LogP contribution in [0.3, 0.4) is 0 Å². The van der Waals surface area contributed by atoms with Crippen molar-refractivity contribution < 1.29 is 23.2 Å². The summed E-state index contributed by atoms with van der Waals surface area (Å²) in [5.74, 6) is -1.80. The molecule has 0 aromatic carbocycles. The van der Waals surface area contributed by atoms with Crippen molar-refractivity contribution >= 4 is 21.8 Å². The van der Waals surface area contributed by atoms with Gasteiger partial charge in [0.15, 0.2) is 6.20 Å². The molecule has 0 aliphatic carbocycles. The van der Waals surface area contributed by atoms with E-state index in [4.69, 9.17) is 5.11 Å². The molecule has 1 aromatic heterocycles. The third-order valence-electron chi connectivity index (χ3n) is 2.22. The minimum atomic E-state index is -4.08. The number of nitrogens with one attached hydrogen (secondary N) is 1. The number of carboxylic acid groups (broad SMARTS) is 1. The Morgan fingerprint density at radius 2 is 2.21 bits per heavy atom.